The van der Waals surface area contributed by atoms with E-state index in [1.54, 1.807) is 49.5 Å². The zero-order valence-electron chi connectivity index (χ0n) is 15.4. The van der Waals surface area contributed by atoms with Crippen molar-refractivity contribution in [3.05, 3.63) is 53.1 Å². The lowest BCUT2D eigenvalue weighted by molar-refractivity contribution is -0.128. The van der Waals surface area contributed by atoms with E-state index in [1.807, 2.05) is 0 Å². The van der Waals surface area contributed by atoms with Crippen LogP contribution >= 0.6 is 11.6 Å². The van der Waals surface area contributed by atoms with Crippen LogP contribution in [-0.2, 0) is 9.59 Å². The summed E-state index contributed by atoms with van der Waals surface area (Å²) in [5, 5.41) is 3.22. The average Bonchev–Trinajstić information content (AvgIpc) is 3.05. The Morgan fingerprint density at radius 3 is 2.71 bits per heavy atom. The third-order valence-electron chi connectivity index (χ3n) is 5.32. The molecule has 1 saturated heterocycles. The summed E-state index contributed by atoms with van der Waals surface area (Å²) < 4.78 is 5.29. The Morgan fingerprint density at radius 2 is 1.96 bits per heavy atom. The number of carbonyl (C=O) groups is 3. The highest BCUT2D eigenvalue weighted by Gasteiger charge is 2.59. The number of ether oxygens (including phenoxy) is 1. The average molecular weight is 400 g/mol. The molecule has 1 N–H and O–H groups in total. The Kier molecular flexibility index (Phi) is 4.27. The van der Waals surface area contributed by atoms with Crippen molar-refractivity contribution in [1.29, 1.82) is 0 Å². The molecular formula is C20H18ClN3O4. The van der Waals surface area contributed by atoms with Crippen LogP contribution in [0.1, 0.15) is 23.2 Å². The molecule has 0 spiro atoms. The van der Waals surface area contributed by atoms with Gasteiger partial charge in [-0.2, -0.15) is 0 Å². The van der Waals surface area contributed by atoms with Gasteiger partial charge >= 0.3 is 0 Å². The summed E-state index contributed by atoms with van der Waals surface area (Å²) in [5.74, 6) is -0.589. The molecule has 0 radical (unpaired) electrons. The second kappa shape index (κ2) is 6.53. The van der Waals surface area contributed by atoms with Crippen LogP contribution in [0.3, 0.4) is 0 Å². The largest absolute Gasteiger partial charge is 0.495 e. The van der Waals surface area contributed by atoms with Gasteiger partial charge in [-0.1, -0.05) is 23.7 Å². The second-order valence-corrected chi connectivity index (χ2v) is 7.16. The predicted molar refractivity (Wildman–Crippen MR) is 105 cm³/mol. The fraction of sp³-hybridized carbons (Fsp3) is 0.250. The third-order valence-corrected chi connectivity index (χ3v) is 5.55. The van der Waals surface area contributed by atoms with Gasteiger partial charge in [0, 0.05) is 24.9 Å². The van der Waals surface area contributed by atoms with Crippen LogP contribution < -0.4 is 15.0 Å². The van der Waals surface area contributed by atoms with Crippen molar-refractivity contribution >= 4 is 40.7 Å². The first-order valence-corrected chi connectivity index (χ1v) is 9.13. The summed E-state index contributed by atoms with van der Waals surface area (Å²) in [5.41, 5.74) is -0.241. The van der Waals surface area contributed by atoms with E-state index in [0.29, 0.717) is 27.7 Å². The number of amides is 3. The molecule has 0 saturated carbocycles. The molecule has 2 aliphatic heterocycles. The summed E-state index contributed by atoms with van der Waals surface area (Å²) in [6, 6.07) is 11.7. The minimum Gasteiger partial charge on any atom is -0.495 e. The number of likely N-dealkylation sites (N-methyl/N-ethyl adjacent to an activating group) is 1. The molecule has 2 aromatic rings. The van der Waals surface area contributed by atoms with Crippen molar-refractivity contribution in [2.75, 3.05) is 24.4 Å². The van der Waals surface area contributed by atoms with Crippen LogP contribution in [0.25, 0.3) is 0 Å². The van der Waals surface area contributed by atoms with Gasteiger partial charge in [0.2, 0.25) is 11.6 Å². The number of para-hydroxylation sites is 1. The lowest BCUT2D eigenvalue weighted by atomic mass is 9.96. The van der Waals surface area contributed by atoms with Crippen molar-refractivity contribution in [2.45, 2.75) is 18.5 Å². The van der Waals surface area contributed by atoms with Gasteiger partial charge in [0.1, 0.15) is 5.75 Å². The Morgan fingerprint density at radius 1 is 1.21 bits per heavy atom. The third kappa shape index (κ3) is 2.46. The van der Waals surface area contributed by atoms with Crippen LogP contribution in [-0.4, -0.2) is 42.4 Å². The lowest BCUT2D eigenvalue weighted by Gasteiger charge is -2.47. The van der Waals surface area contributed by atoms with Crippen molar-refractivity contribution in [3.8, 4) is 5.75 Å². The molecule has 144 valence electrons. The van der Waals surface area contributed by atoms with Crippen LogP contribution in [0.15, 0.2) is 42.5 Å². The maximum absolute atomic E-state index is 13.5. The SMILES string of the molecule is COc1ccc(Cl)cc1NC(=O)[C@@]12CCC(=O)N1c1ccccc1C(=O)N2C. The number of benzene rings is 2. The molecule has 0 aromatic heterocycles. The van der Waals surface area contributed by atoms with Gasteiger partial charge in [-0.05, 0) is 30.3 Å². The highest BCUT2D eigenvalue weighted by atomic mass is 35.5. The van der Waals surface area contributed by atoms with E-state index in [9.17, 15) is 14.4 Å². The number of nitrogens with one attached hydrogen (secondary N) is 1. The van der Waals surface area contributed by atoms with Crippen LogP contribution in [0, 0.1) is 0 Å². The van der Waals surface area contributed by atoms with Crippen LogP contribution in [0.2, 0.25) is 5.02 Å². The van der Waals surface area contributed by atoms with Crippen molar-refractivity contribution in [3.63, 3.8) is 0 Å². The molecule has 7 nitrogen and oxygen atoms in total. The predicted octanol–water partition coefficient (Wildman–Crippen LogP) is 2.90. The number of rotatable bonds is 3. The minimum absolute atomic E-state index is 0.159. The van der Waals surface area contributed by atoms with Gasteiger partial charge in [-0.15, -0.1) is 0 Å². The first-order chi connectivity index (χ1) is 13.4. The molecular weight excluding hydrogens is 382 g/mol. The molecule has 3 amide bonds. The quantitative estimate of drug-likeness (QED) is 0.860. The molecule has 0 bridgehead atoms. The number of hydrogen-bond acceptors (Lipinski definition) is 4. The second-order valence-electron chi connectivity index (χ2n) is 6.73. The normalized spacial score (nSPS) is 20.7. The molecule has 4 rings (SSSR count). The maximum atomic E-state index is 13.5. The van der Waals surface area contributed by atoms with E-state index in [4.69, 9.17) is 16.3 Å². The molecule has 1 fully saturated rings. The monoisotopic (exact) mass is 399 g/mol. The van der Waals surface area contributed by atoms with E-state index in [0.717, 1.165) is 0 Å². The van der Waals surface area contributed by atoms with E-state index < -0.39 is 11.6 Å². The zero-order chi connectivity index (χ0) is 20.1. The highest BCUT2D eigenvalue weighted by molar-refractivity contribution is 6.31. The standard InChI is InChI=1S/C20H18ClN3O4/c1-23-18(26)13-5-3-4-6-15(13)24-17(25)9-10-20(23,24)19(27)22-14-11-12(21)7-8-16(14)28-2/h3-8,11H,9-10H2,1-2H3,(H,22,27)/t20-/m1/s1. The molecule has 8 heteroatoms. The number of hydrogen-bond donors (Lipinski definition) is 1. The van der Waals surface area contributed by atoms with Crippen molar-refractivity contribution in [2.24, 2.45) is 0 Å². The van der Waals surface area contributed by atoms with E-state index >= 15 is 0 Å². The van der Waals surface area contributed by atoms with E-state index in [2.05, 4.69) is 5.32 Å². The van der Waals surface area contributed by atoms with Crippen LogP contribution in [0.5, 0.6) is 5.75 Å². The highest BCUT2D eigenvalue weighted by Crippen LogP contribution is 2.44. The molecule has 2 aliphatic rings. The Bertz CT molecular complexity index is 1010. The fourth-order valence-electron chi connectivity index (χ4n) is 3.93. The number of anilines is 2. The first kappa shape index (κ1) is 18.3. The summed E-state index contributed by atoms with van der Waals surface area (Å²) in [6.45, 7) is 0. The molecule has 1 atom stereocenters. The number of carbonyl (C=O) groups excluding carboxylic acids is 3. The number of fused-ring (bicyclic) bond motifs is 3. The summed E-state index contributed by atoms with van der Waals surface area (Å²) in [4.78, 5) is 41.9. The molecule has 2 heterocycles. The molecule has 2 aromatic carbocycles. The van der Waals surface area contributed by atoms with Gasteiger partial charge in [-0.3, -0.25) is 19.3 Å². The fourth-order valence-corrected chi connectivity index (χ4v) is 4.10. The Hall–Kier alpha value is -3.06. The van der Waals surface area contributed by atoms with Crippen molar-refractivity contribution < 1.29 is 19.1 Å². The smallest absolute Gasteiger partial charge is 0.271 e. The maximum Gasteiger partial charge on any atom is 0.271 e. The number of methoxy groups -OCH3 is 1. The first-order valence-electron chi connectivity index (χ1n) is 8.75. The number of halogens is 1. The molecule has 0 unspecified atom stereocenters. The molecule has 28 heavy (non-hydrogen) atoms. The van der Waals surface area contributed by atoms with Gasteiger partial charge in [-0.25, -0.2) is 0 Å². The minimum atomic E-state index is -1.45. The van der Waals surface area contributed by atoms with Gasteiger partial charge < -0.3 is 15.0 Å². The molecule has 0 aliphatic carbocycles. The summed E-state index contributed by atoms with van der Waals surface area (Å²) in [6.07, 6.45) is 0.350. The van der Waals surface area contributed by atoms with Crippen LogP contribution in [0.4, 0.5) is 11.4 Å². The van der Waals surface area contributed by atoms with Gasteiger partial charge in [0.15, 0.2) is 0 Å². The zero-order valence-corrected chi connectivity index (χ0v) is 16.1. The van der Waals surface area contributed by atoms with E-state index in [-0.39, 0.29) is 24.7 Å². The Labute approximate surface area is 166 Å². The number of nitrogens with zero attached hydrogens (tertiary/aromatic N) is 2. The lowest BCUT2D eigenvalue weighted by Crippen LogP contribution is -2.68. The Balaban J connectivity index is 1.81. The summed E-state index contributed by atoms with van der Waals surface area (Å²) >= 11 is 6.06. The van der Waals surface area contributed by atoms with Crippen molar-refractivity contribution in [1.82, 2.24) is 4.90 Å². The van der Waals surface area contributed by atoms with E-state index in [1.165, 1.54) is 16.9 Å². The van der Waals surface area contributed by atoms with Gasteiger partial charge in [0.05, 0.1) is 24.0 Å². The topological polar surface area (TPSA) is 79.0 Å². The summed E-state index contributed by atoms with van der Waals surface area (Å²) in [7, 11) is 3.02. The van der Waals surface area contributed by atoms with Gasteiger partial charge in [0.25, 0.3) is 11.8 Å².